The first kappa shape index (κ1) is 26.4. The highest BCUT2D eigenvalue weighted by atomic mass is 35.5. The van der Waals surface area contributed by atoms with Gasteiger partial charge in [-0.15, -0.1) is 19.0 Å². The summed E-state index contributed by atoms with van der Waals surface area (Å²) in [7, 11) is -3.77. The summed E-state index contributed by atoms with van der Waals surface area (Å²) in [5, 5.41) is 14.9. The Kier molecular flexibility index (Phi) is 6.82. The molecule has 36 heavy (non-hydrogen) atoms. The first-order valence-electron chi connectivity index (χ1n) is 11.6. The molecular weight excluding hydrogens is 515 g/mol. The van der Waals surface area contributed by atoms with E-state index in [2.05, 4.69) is 21.9 Å². The van der Waals surface area contributed by atoms with Crippen LogP contribution in [0.3, 0.4) is 0 Å². The highest BCUT2D eigenvalue weighted by Gasteiger charge is 2.61. The summed E-state index contributed by atoms with van der Waals surface area (Å²) in [5.74, 6) is -2.40. The van der Waals surface area contributed by atoms with Gasteiger partial charge in [0.05, 0.1) is 23.9 Å². The molecule has 0 spiro atoms. The van der Waals surface area contributed by atoms with Gasteiger partial charge in [0.1, 0.15) is 11.4 Å². The number of carbonyl (C=O) groups is 3. The Morgan fingerprint density at radius 2 is 2.00 bits per heavy atom. The lowest BCUT2D eigenvalue weighted by molar-refractivity contribution is -0.130. The van der Waals surface area contributed by atoms with E-state index in [9.17, 15) is 32.3 Å². The van der Waals surface area contributed by atoms with Crippen LogP contribution >= 0.6 is 12.4 Å². The van der Waals surface area contributed by atoms with Crippen LogP contribution in [-0.2, 0) is 26.2 Å². The summed E-state index contributed by atoms with van der Waals surface area (Å²) < 4.78 is 40.9. The fourth-order valence-corrected chi connectivity index (χ4v) is 6.74. The van der Waals surface area contributed by atoms with Gasteiger partial charge in [-0.1, -0.05) is 18.2 Å². The molecule has 1 saturated heterocycles. The first-order valence-corrected chi connectivity index (χ1v) is 13.1. The Bertz CT molecular complexity index is 1220. The van der Waals surface area contributed by atoms with Crippen molar-refractivity contribution < 1.29 is 32.3 Å². The zero-order valence-electron chi connectivity index (χ0n) is 19.3. The largest absolute Gasteiger partial charge is 0.465 e. The Labute approximate surface area is 214 Å². The van der Waals surface area contributed by atoms with Gasteiger partial charge in [-0.3, -0.25) is 19.2 Å². The molecule has 1 unspecified atom stereocenters. The average molecular weight is 543 g/mol. The number of carbonyl (C=O) groups excluding carboxylic acids is 2. The van der Waals surface area contributed by atoms with E-state index in [1.165, 1.54) is 17.0 Å². The maximum atomic E-state index is 14.3. The van der Waals surface area contributed by atoms with Crippen molar-refractivity contribution in [2.24, 2.45) is 11.8 Å². The van der Waals surface area contributed by atoms with Gasteiger partial charge in [0, 0.05) is 18.0 Å². The van der Waals surface area contributed by atoms with E-state index in [1.54, 1.807) is 12.1 Å². The van der Waals surface area contributed by atoms with Crippen molar-refractivity contribution in [1.29, 1.82) is 0 Å². The van der Waals surface area contributed by atoms with E-state index < -0.39 is 62.5 Å². The molecular formula is C23H28ClFN4O6S. The summed E-state index contributed by atoms with van der Waals surface area (Å²) in [4.78, 5) is 39.1. The molecule has 5 rings (SSSR count). The van der Waals surface area contributed by atoms with Gasteiger partial charge in [-0.25, -0.2) is 17.6 Å². The third-order valence-electron chi connectivity index (χ3n) is 7.56. The number of hydrogen-bond donors (Lipinski definition) is 4. The molecule has 3 amide bonds. The standard InChI is InChI=1S/C23H27FN4O6S.ClH/c1-2-13-9-23(13,21(30)27-35(33,34)14-6-7-14)26-20(29)18-8-12(10-25-18)19-15-4-3-5-17(24)16(15)11-28(19)22(31)32;/h2-5,12-14,18-19,25H,1,6-11H2,(H,26,29)(H,27,30)(H,31,32);1H/t12-,13-,18+,19?,23-;/m1./s1. The van der Waals surface area contributed by atoms with E-state index in [-0.39, 0.29) is 37.7 Å². The Morgan fingerprint density at radius 1 is 1.28 bits per heavy atom. The summed E-state index contributed by atoms with van der Waals surface area (Å²) in [6.45, 7) is 3.94. The van der Waals surface area contributed by atoms with Crippen molar-refractivity contribution in [2.75, 3.05) is 6.54 Å². The first-order chi connectivity index (χ1) is 16.6. The fraction of sp³-hybridized carbons (Fsp3) is 0.522. The smallest absolute Gasteiger partial charge is 0.408 e. The second-order valence-electron chi connectivity index (χ2n) is 9.80. The molecule has 2 heterocycles. The molecule has 196 valence electrons. The molecule has 13 heteroatoms. The number of sulfonamides is 1. The minimum absolute atomic E-state index is 0. The van der Waals surface area contributed by atoms with E-state index in [0.29, 0.717) is 30.5 Å². The normalized spacial score (nSPS) is 30.6. The number of rotatable bonds is 7. The van der Waals surface area contributed by atoms with Crippen molar-refractivity contribution >= 4 is 40.3 Å². The number of fused-ring (bicyclic) bond motifs is 1. The summed E-state index contributed by atoms with van der Waals surface area (Å²) in [6, 6.07) is 3.22. The topological polar surface area (TPSA) is 145 Å². The SMILES string of the molecule is C=C[C@@H]1C[C@]1(NC(=O)[C@@H]1C[C@@H](C2c3cccc(F)c3CN2C(=O)O)CN1)C(=O)NS(=O)(=O)C1CC1.Cl. The lowest BCUT2D eigenvalue weighted by atomic mass is 9.90. The third kappa shape index (κ3) is 4.46. The lowest BCUT2D eigenvalue weighted by Gasteiger charge is -2.27. The minimum Gasteiger partial charge on any atom is -0.465 e. The number of carboxylic acid groups (broad SMARTS) is 1. The molecule has 10 nitrogen and oxygen atoms in total. The fourth-order valence-electron chi connectivity index (χ4n) is 5.38. The minimum atomic E-state index is -3.77. The van der Waals surface area contributed by atoms with Crippen LogP contribution in [0.2, 0.25) is 0 Å². The molecule has 0 bridgehead atoms. The predicted octanol–water partition coefficient (Wildman–Crippen LogP) is 1.43. The molecule has 3 fully saturated rings. The van der Waals surface area contributed by atoms with Gasteiger partial charge in [-0.05, 0) is 43.2 Å². The molecule has 1 aromatic carbocycles. The van der Waals surface area contributed by atoms with Gasteiger partial charge >= 0.3 is 6.09 Å². The number of nitrogens with one attached hydrogen (secondary N) is 3. The van der Waals surface area contributed by atoms with Crippen LogP contribution < -0.4 is 15.4 Å². The Morgan fingerprint density at radius 3 is 2.61 bits per heavy atom. The predicted molar refractivity (Wildman–Crippen MR) is 129 cm³/mol. The molecule has 4 aliphatic rings. The summed E-state index contributed by atoms with van der Waals surface area (Å²) >= 11 is 0. The number of halogens is 2. The van der Waals surface area contributed by atoms with Crippen LogP contribution in [0.5, 0.6) is 0 Å². The monoisotopic (exact) mass is 542 g/mol. The van der Waals surface area contributed by atoms with Crippen molar-refractivity contribution in [2.45, 2.75) is 55.1 Å². The highest BCUT2D eigenvalue weighted by Crippen LogP contribution is 2.46. The zero-order chi connectivity index (χ0) is 25.1. The van der Waals surface area contributed by atoms with Crippen molar-refractivity contribution in [3.63, 3.8) is 0 Å². The maximum Gasteiger partial charge on any atom is 0.408 e. The number of hydrogen-bond acceptors (Lipinski definition) is 6. The number of benzene rings is 1. The maximum absolute atomic E-state index is 14.3. The van der Waals surface area contributed by atoms with Crippen molar-refractivity contribution in [1.82, 2.24) is 20.3 Å². The van der Waals surface area contributed by atoms with Gasteiger partial charge in [0.25, 0.3) is 5.91 Å². The average Bonchev–Trinajstić information content (AvgIpc) is 3.68. The van der Waals surface area contributed by atoms with Crippen molar-refractivity contribution in [3.8, 4) is 0 Å². The van der Waals surface area contributed by atoms with Gasteiger partial charge in [-0.2, -0.15) is 0 Å². The second-order valence-corrected chi connectivity index (χ2v) is 11.8. The Hall–Kier alpha value is -2.70. The van der Waals surface area contributed by atoms with Crippen LogP contribution in [0, 0.1) is 17.7 Å². The van der Waals surface area contributed by atoms with Crippen LogP contribution in [0.15, 0.2) is 30.9 Å². The summed E-state index contributed by atoms with van der Waals surface area (Å²) in [5.41, 5.74) is -0.445. The number of nitrogens with zero attached hydrogens (tertiary/aromatic N) is 1. The van der Waals surface area contributed by atoms with E-state index in [0.717, 1.165) is 0 Å². The van der Waals surface area contributed by atoms with E-state index in [1.807, 2.05) is 0 Å². The molecule has 0 aromatic heterocycles. The number of amides is 3. The molecule has 0 radical (unpaired) electrons. The van der Waals surface area contributed by atoms with E-state index >= 15 is 0 Å². The van der Waals surface area contributed by atoms with Crippen LogP contribution in [-0.4, -0.2) is 59.7 Å². The molecule has 1 aromatic rings. The van der Waals surface area contributed by atoms with Gasteiger partial charge in [0.2, 0.25) is 15.9 Å². The van der Waals surface area contributed by atoms with Gasteiger partial charge in [0.15, 0.2) is 0 Å². The van der Waals surface area contributed by atoms with E-state index in [4.69, 9.17) is 0 Å². The molecule has 2 saturated carbocycles. The second kappa shape index (κ2) is 9.31. The Balaban J connectivity index is 0.00000304. The molecule has 5 atom stereocenters. The molecule has 2 aliphatic heterocycles. The van der Waals surface area contributed by atoms with Crippen LogP contribution in [0.25, 0.3) is 0 Å². The van der Waals surface area contributed by atoms with Crippen molar-refractivity contribution in [3.05, 3.63) is 47.8 Å². The highest BCUT2D eigenvalue weighted by molar-refractivity contribution is 7.91. The van der Waals surface area contributed by atoms with Crippen LogP contribution in [0.1, 0.15) is 42.9 Å². The molecule has 2 aliphatic carbocycles. The third-order valence-corrected chi connectivity index (χ3v) is 9.38. The molecule has 4 N–H and O–H groups in total. The van der Waals surface area contributed by atoms with Gasteiger partial charge < -0.3 is 15.7 Å². The van der Waals surface area contributed by atoms with Crippen LogP contribution in [0.4, 0.5) is 9.18 Å². The summed E-state index contributed by atoms with van der Waals surface area (Å²) in [6.07, 6.45) is 1.87. The zero-order valence-corrected chi connectivity index (χ0v) is 20.9. The lowest BCUT2D eigenvalue weighted by Crippen LogP contribution is -2.55. The quantitative estimate of drug-likeness (QED) is 0.381.